The van der Waals surface area contributed by atoms with Gasteiger partial charge in [0.1, 0.15) is 0 Å². The van der Waals surface area contributed by atoms with Crippen LogP contribution in [0, 0.1) is 0 Å². The minimum Gasteiger partial charge on any atom is -0.202 e. The third-order valence-electron chi connectivity index (χ3n) is 2.23. The Morgan fingerprint density at radius 3 is 2.75 bits per heavy atom. The molecule has 0 radical (unpaired) electrons. The quantitative estimate of drug-likeness (QED) is 0.685. The summed E-state index contributed by atoms with van der Waals surface area (Å²) in [5.74, 6) is 0. The summed E-state index contributed by atoms with van der Waals surface area (Å²) >= 11 is 0. The van der Waals surface area contributed by atoms with Crippen molar-refractivity contribution in [3.63, 3.8) is 0 Å². The Morgan fingerprint density at radius 2 is 2.25 bits per heavy atom. The second-order valence-corrected chi connectivity index (χ2v) is 4.83. The normalized spacial score (nSPS) is 26.8. The van der Waals surface area contributed by atoms with Crippen LogP contribution in [0.1, 0.15) is 26.7 Å². The molecule has 72 valence electrons. The average Bonchev–Trinajstić information content (AvgIpc) is 2.02. The largest absolute Gasteiger partial charge is 0.279 e. The second kappa shape index (κ2) is 3.72. The molecule has 1 aliphatic heterocycles. The van der Waals surface area contributed by atoms with Crippen molar-refractivity contribution in [2.24, 2.45) is 0 Å². The summed E-state index contributed by atoms with van der Waals surface area (Å²) in [7, 11) is -3.15. The molecule has 1 rings (SSSR count). The summed E-state index contributed by atoms with van der Waals surface area (Å²) in [5, 5.41) is 0. The molecule has 1 saturated heterocycles. The second-order valence-electron chi connectivity index (χ2n) is 3.12. The lowest BCUT2D eigenvalue weighted by Gasteiger charge is -2.31. The van der Waals surface area contributed by atoms with Gasteiger partial charge >= 0.3 is 0 Å². The van der Waals surface area contributed by atoms with E-state index in [-0.39, 0.29) is 6.04 Å². The van der Waals surface area contributed by atoms with Gasteiger partial charge < -0.3 is 0 Å². The van der Waals surface area contributed by atoms with Gasteiger partial charge in [-0.2, -0.15) is 12.7 Å². The van der Waals surface area contributed by atoms with Crippen molar-refractivity contribution in [3.05, 3.63) is 0 Å². The molecular formula is C7H16N2O2S. The highest BCUT2D eigenvalue weighted by atomic mass is 32.2. The van der Waals surface area contributed by atoms with E-state index in [9.17, 15) is 8.42 Å². The zero-order valence-corrected chi connectivity index (χ0v) is 8.39. The van der Waals surface area contributed by atoms with Crippen LogP contribution in [0.4, 0.5) is 0 Å². The molecule has 0 aromatic rings. The third kappa shape index (κ3) is 1.97. The van der Waals surface area contributed by atoms with Crippen LogP contribution in [0.2, 0.25) is 0 Å². The Kier molecular flexibility index (Phi) is 3.09. The lowest BCUT2D eigenvalue weighted by Crippen LogP contribution is -2.50. The smallest absolute Gasteiger partial charge is 0.202 e. The highest BCUT2D eigenvalue weighted by Gasteiger charge is 2.28. The Morgan fingerprint density at radius 1 is 1.58 bits per heavy atom. The highest BCUT2D eigenvalue weighted by Crippen LogP contribution is 2.12. The van der Waals surface area contributed by atoms with Crippen molar-refractivity contribution < 1.29 is 8.42 Å². The van der Waals surface area contributed by atoms with E-state index in [0.29, 0.717) is 13.1 Å². The van der Waals surface area contributed by atoms with E-state index in [1.807, 2.05) is 13.8 Å². The number of nitrogens with zero attached hydrogens (tertiary/aromatic N) is 1. The maximum absolute atomic E-state index is 11.4. The first-order valence-corrected chi connectivity index (χ1v) is 5.78. The van der Waals surface area contributed by atoms with Gasteiger partial charge in [0.2, 0.25) is 0 Å². The maximum Gasteiger partial charge on any atom is 0.279 e. The summed E-state index contributed by atoms with van der Waals surface area (Å²) in [5.41, 5.74) is 0. The summed E-state index contributed by atoms with van der Waals surface area (Å²) < 4.78 is 26.9. The monoisotopic (exact) mass is 192 g/mol. The maximum atomic E-state index is 11.4. The predicted octanol–water partition coefficient (Wildman–Crippen LogP) is 0.325. The van der Waals surface area contributed by atoms with Crippen molar-refractivity contribution in [2.75, 3.05) is 13.1 Å². The van der Waals surface area contributed by atoms with Gasteiger partial charge in [0, 0.05) is 19.1 Å². The van der Waals surface area contributed by atoms with Crippen LogP contribution in [0.5, 0.6) is 0 Å². The first-order chi connectivity index (χ1) is 5.58. The van der Waals surface area contributed by atoms with E-state index >= 15 is 0 Å². The van der Waals surface area contributed by atoms with Gasteiger partial charge in [-0.1, -0.05) is 6.92 Å². The van der Waals surface area contributed by atoms with Crippen molar-refractivity contribution in [2.45, 2.75) is 32.7 Å². The molecule has 1 fully saturated rings. The number of hydrogen-bond donors (Lipinski definition) is 1. The first-order valence-electron chi connectivity index (χ1n) is 4.34. The van der Waals surface area contributed by atoms with Gasteiger partial charge in [-0.05, 0) is 19.8 Å². The number of rotatable bonds is 2. The summed E-state index contributed by atoms with van der Waals surface area (Å²) in [6.45, 7) is 5.17. The molecule has 0 aromatic carbocycles. The summed E-state index contributed by atoms with van der Waals surface area (Å²) in [4.78, 5) is 0. The molecule has 0 aromatic heterocycles. The van der Waals surface area contributed by atoms with Crippen LogP contribution in [-0.2, 0) is 10.2 Å². The molecule has 1 atom stereocenters. The fourth-order valence-electron chi connectivity index (χ4n) is 1.30. The molecule has 0 aliphatic carbocycles. The van der Waals surface area contributed by atoms with Crippen molar-refractivity contribution in [1.82, 2.24) is 9.03 Å². The molecule has 0 spiro atoms. The Labute approximate surface area is 74.1 Å². The van der Waals surface area contributed by atoms with Crippen molar-refractivity contribution in [3.8, 4) is 0 Å². The van der Waals surface area contributed by atoms with Gasteiger partial charge in [-0.15, -0.1) is 0 Å². The summed E-state index contributed by atoms with van der Waals surface area (Å²) in [6, 6.07) is 0.114. The zero-order valence-electron chi connectivity index (χ0n) is 7.58. The molecule has 0 amide bonds. The minimum atomic E-state index is -3.15. The average molecular weight is 192 g/mol. The lowest BCUT2D eigenvalue weighted by atomic mass is 10.2. The van der Waals surface area contributed by atoms with Crippen LogP contribution >= 0.6 is 0 Å². The Bertz CT molecular complexity index is 238. The molecule has 4 nitrogen and oxygen atoms in total. The topological polar surface area (TPSA) is 49.4 Å². The predicted molar refractivity (Wildman–Crippen MR) is 48.0 cm³/mol. The van der Waals surface area contributed by atoms with Crippen LogP contribution in [-0.4, -0.2) is 31.9 Å². The van der Waals surface area contributed by atoms with Crippen LogP contribution in [0.3, 0.4) is 0 Å². The van der Waals surface area contributed by atoms with Gasteiger partial charge in [0.05, 0.1) is 0 Å². The minimum absolute atomic E-state index is 0.114. The van der Waals surface area contributed by atoms with Gasteiger partial charge in [0.25, 0.3) is 10.2 Å². The zero-order chi connectivity index (χ0) is 9.19. The molecular weight excluding hydrogens is 176 g/mol. The highest BCUT2D eigenvalue weighted by molar-refractivity contribution is 7.87. The standard InChI is InChI=1S/C7H16N2O2S/c1-3-7(2)9-6-4-5-8-12(9,10)11/h7-8H,3-6H2,1-2H3. The van der Waals surface area contributed by atoms with Crippen LogP contribution in [0.25, 0.3) is 0 Å². The number of nitrogens with one attached hydrogen (secondary N) is 1. The van der Waals surface area contributed by atoms with E-state index in [1.165, 1.54) is 4.31 Å². The molecule has 1 N–H and O–H groups in total. The molecule has 1 heterocycles. The first kappa shape index (κ1) is 9.95. The molecule has 0 saturated carbocycles. The van der Waals surface area contributed by atoms with Crippen molar-refractivity contribution >= 4 is 10.2 Å². The summed E-state index contributed by atoms with van der Waals surface area (Å²) in [6.07, 6.45) is 1.77. The molecule has 12 heavy (non-hydrogen) atoms. The fourth-order valence-corrected chi connectivity index (χ4v) is 2.86. The Hall–Kier alpha value is -0.130. The van der Waals surface area contributed by atoms with Crippen LogP contribution in [0.15, 0.2) is 0 Å². The molecule has 5 heteroatoms. The SMILES string of the molecule is CCC(C)N1CCCNS1(=O)=O. The van der Waals surface area contributed by atoms with Gasteiger partial charge in [0.15, 0.2) is 0 Å². The van der Waals surface area contributed by atoms with E-state index in [1.54, 1.807) is 0 Å². The third-order valence-corrected chi connectivity index (χ3v) is 3.96. The van der Waals surface area contributed by atoms with Crippen LogP contribution < -0.4 is 4.72 Å². The molecule has 0 bridgehead atoms. The van der Waals surface area contributed by atoms with E-state index in [4.69, 9.17) is 0 Å². The van der Waals surface area contributed by atoms with E-state index in [2.05, 4.69) is 4.72 Å². The number of hydrogen-bond acceptors (Lipinski definition) is 2. The van der Waals surface area contributed by atoms with Gasteiger partial charge in [-0.3, -0.25) is 0 Å². The lowest BCUT2D eigenvalue weighted by molar-refractivity contribution is 0.305. The van der Waals surface area contributed by atoms with E-state index < -0.39 is 10.2 Å². The molecule has 1 aliphatic rings. The molecule has 1 unspecified atom stereocenters. The fraction of sp³-hybridized carbons (Fsp3) is 1.00. The van der Waals surface area contributed by atoms with Crippen molar-refractivity contribution in [1.29, 1.82) is 0 Å². The Balaban J connectivity index is 2.73. The van der Waals surface area contributed by atoms with E-state index in [0.717, 1.165) is 12.8 Å². The van der Waals surface area contributed by atoms with Gasteiger partial charge in [-0.25, -0.2) is 4.72 Å².